The standard InChI is InChI=1S/C18H28FN3O3S.C2HF3O2/c1-15(2)7-10-21(18(23)16-5-3-4-6-17(16)19)13-14-26(24,25)22-11-8-20-9-12-22;3-2(4,5)1(6)7/h3-6,15,20H,7-14H2,1-2H3;(H,6,7). The molecule has 1 fully saturated rings. The Morgan fingerprint density at radius 1 is 1.15 bits per heavy atom. The molecule has 0 radical (unpaired) electrons. The second-order valence-corrected chi connectivity index (χ2v) is 9.81. The van der Waals surface area contributed by atoms with Gasteiger partial charge in [-0.05, 0) is 24.5 Å². The number of hydrogen-bond acceptors (Lipinski definition) is 5. The van der Waals surface area contributed by atoms with Crippen molar-refractivity contribution in [1.29, 1.82) is 0 Å². The van der Waals surface area contributed by atoms with E-state index in [1.165, 1.54) is 27.4 Å². The number of carbonyl (C=O) groups excluding carboxylic acids is 1. The number of piperazine rings is 1. The number of nitrogens with zero attached hydrogens (tertiary/aromatic N) is 2. The number of carboxylic acid groups (broad SMARTS) is 1. The molecule has 0 saturated carbocycles. The Morgan fingerprint density at radius 2 is 1.70 bits per heavy atom. The van der Waals surface area contributed by atoms with Crippen LogP contribution in [0.3, 0.4) is 0 Å². The summed E-state index contributed by atoms with van der Waals surface area (Å²) in [6.07, 6.45) is -4.35. The number of rotatable bonds is 8. The molecule has 0 atom stereocenters. The molecule has 0 aromatic heterocycles. The molecule has 1 amide bonds. The number of carboxylic acids is 1. The van der Waals surface area contributed by atoms with E-state index in [1.54, 1.807) is 6.07 Å². The quantitative estimate of drug-likeness (QED) is 0.531. The van der Waals surface area contributed by atoms with E-state index in [0.29, 0.717) is 38.6 Å². The number of amides is 1. The Labute approximate surface area is 190 Å². The van der Waals surface area contributed by atoms with Crippen molar-refractivity contribution in [2.75, 3.05) is 45.0 Å². The van der Waals surface area contributed by atoms with Crippen LogP contribution in [-0.4, -0.2) is 85.8 Å². The Balaban J connectivity index is 0.000000675. The second kappa shape index (κ2) is 12.8. The summed E-state index contributed by atoms with van der Waals surface area (Å²) in [5.74, 6) is -3.59. The molecule has 33 heavy (non-hydrogen) atoms. The molecule has 188 valence electrons. The molecular weight excluding hydrogens is 470 g/mol. The lowest BCUT2D eigenvalue weighted by Crippen LogP contribution is -2.48. The zero-order valence-electron chi connectivity index (χ0n) is 18.4. The maximum atomic E-state index is 14.0. The Hall–Kier alpha value is -2.25. The van der Waals surface area contributed by atoms with E-state index in [0.717, 1.165) is 6.42 Å². The Kier molecular flexibility index (Phi) is 11.2. The molecule has 1 heterocycles. The van der Waals surface area contributed by atoms with Crippen LogP contribution in [0.2, 0.25) is 0 Å². The molecule has 1 aliphatic rings. The van der Waals surface area contributed by atoms with E-state index < -0.39 is 33.9 Å². The Morgan fingerprint density at radius 3 is 2.18 bits per heavy atom. The van der Waals surface area contributed by atoms with Crippen molar-refractivity contribution in [1.82, 2.24) is 14.5 Å². The molecule has 0 unspecified atom stereocenters. The van der Waals surface area contributed by atoms with Crippen LogP contribution < -0.4 is 5.32 Å². The third-order valence-corrected chi connectivity index (χ3v) is 6.55. The topological polar surface area (TPSA) is 107 Å². The van der Waals surface area contributed by atoms with Crippen LogP contribution in [0.25, 0.3) is 0 Å². The highest BCUT2D eigenvalue weighted by molar-refractivity contribution is 7.89. The number of halogens is 4. The van der Waals surface area contributed by atoms with Gasteiger partial charge in [0.25, 0.3) is 5.91 Å². The first kappa shape index (κ1) is 28.8. The van der Waals surface area contributed by atoms with Gasteiger partial charge < -0.3 is 15.3 Å². The predicted molar refractivity (Wildman–Crippen MR) is 114 cm³/mol. The highest BCUT2D eigenvalue weighted by Crippen LogP contribution is 2.14. The van der Waals surface area contributed by atoms with Gasteiger partial charge in [-0.2, -0.15) is 17.5 Å². The fourth-order valence-corrected chi connectivity index (χ4v) is 4.26. The van der Waals surface area contributed by atoms with Crippen LogP contribution in [0.15, 0.2) is 24.3 Å². The first-order chi connectivity index (χ1) is 15.3. The lowest BCUT2D eigenvalue weighted by molar-refractivity contribution is -0.192. The van der Waals surface area contributed by atoms with Crippen LogP contribution in [0.5, 0.6) is 0 Å². The average molecular weight is 500 g/mol. The lowest BCUT2D eigenvalue weighted by Gasteiger charge is -2.29. The van der Waals surface area contributed by atoms with E-state index in [4.69, 9.17) is 9.90 Å². The largest absolute Gasteiger partial charge is 0.490 e. The molecule has 0 bridgehead atoms. The molecule has 1 saturated heterocycles. The van der Waals surface area contributed by atoms with Gasteiger partial charge in [-0.15, -0.1) is 0 Å². The zero-order valence-corrected chi connectivity index (χ0v) is 19.3. The van der Waals surface area contributed by atoms with Gasteiger partial charge in [0.15, 0.2) is 0 Å². The average Bonchev–Trinajstić information content (AvgIpc) is 2.74. The summed E-state index contributed by atoms with van der Waals surface area (Å²) in [6.45, 7) is 6.67. The minimum atomic E-state index is -5.08. The van der Waals surface area contributed by atoms with Gasteiger partial charge >= 0.3 is 12.1 Å². The minimum Gasteiger partial charge on any atom is -0.475 e. The lowest BCUT2D eigenvalue weighted by atomic mass is 10.1. The second-order valence-electron chi connectivity index (χ2n) is 7.72. The summed E-state index contributed by atoms with van der Waals surface area (Å²) >= 11 is 0. The summed E-state index contributed by atoms with van der Waals surface area (Å²) in [5.41, 5.74) is -0.0178. The summed E-state index contributed by atoms with van der Waals surface area (Å²) in [7, 11) is -3.44. The smallest absolute Gasteiger partial charge is 0.475 e. The molecule has 2 rings (SSSR count). The fraction of sp³-hybridized carbons (Fsp3) is 0.600. The summed E-state index contributed by atoms with van der Waals surface area (Å²) in [4.78, 5) is 23.1. The molecule has 0 spiro atoms. The van der Waals surface area contributed by atoms with Crippen molar-refractivity contribution >= 4 is 21.9 Å². The third kappa shape index (κ3) is 10.0. The third-order valence-electron chi connectivity index (χ3n) is 4.70. The number of alkyl halides is 3. The van der Waals surface area contributed by atoms with Gasteiger partial charge in [0.1, 0.15) is 5.82 Å². The number of sulfonamides is 1. The highest BCUT2D eigenvalue weighted by Gasteiger charge is 2.38. The first-order valence-corrected chi connectivity index (χ1v) is 11.9. The molecule has 1 aromatic carbocycles. The summed E-state index contributed by atoms with van der Waals surface area (Å²) in [6, 6.07) is 5.81. The van der Waals surface area contributed by atoms with Gasteiger partial charge in [-0.25, -0.2) is 17.6 Å². The van der Waals surface area contributed by atoms with E-state index in [2.05, 4.69) is 5.32 Å². The van der Waals surface area contributed by atoms with E-state index in [1.807, 2.05) is 13.8 Å². The summed E-state index contributed by atoms with van der Waals surface area (Å²) in [5, 5.41) is 10.2. The van der Waals surface area contributed by atoms with Crippen molar-refractivity contribution in [3.8, 4) is 0 Å². The predicted octanol–water partition coefficient (Wildman–Crippen LogP) is 2.18. The van der Waals surface area contributed by atoms with Crippen molar-refractivity contribution in [3.05, 3.63) is 35.6 Å². The van der Waals surface area contributed by atoms with E-state index in [9.17, 15) is 30.8 Å². The molecule has 8 nitrogen and oxygen atoms in total. The number of benzene rings is 1. The van der Waals surface area contributed by atoms with Crippen LogP contribution in [0, 0.1) is 11.7 Å². The van der Waals surface area contributed by atoms with Gasteiger partial charge in [0, 0.05) is 39.3 Å². The molecule has 0 aliphatic carbocycles. The van der Waals surface area contributed by atoms with Crippen molar-refractivity contribution < 1.29 is 40.7 Å². The zero-order chi connectivity index (χ0) is 25.2. The van der Waals surface area contributed by atoms with Gasteiger partial charge in [-0.3, -0.25) is 4.79 Å². The van der Waals surface area contributed by atoms with E-state index in [-0.39, 0.29) is 17.9 Å². The molecule has 1 aliphatic heterocycles. The van der Waals surface area contributed by atoms with Gasteiger partial charge in [0.05, 0.1) is 11.3 Å². The van der Waals surface area contributed by atoms with Crippen molar-refractivity contribution in [2.24, 2.45) is 5.92 Å². The molecule has 2 N–H and O–H groups in total. The monoisotopic (exact) mass is 499 g/mol. The Bertz CT molecular complexity index is 888. The molecular formula is C20H29F4N3O5S. The first-order valence-electron chi connectivity index (χ1n) is 10.3. The SMILES string of the molecule is CC(C)CCN(CCS(=O)(=O)N1CCNCC1)C(=O)c1ccccc1F.O=C(O)C(F)(F)F. The number of aliphatic carboxylic acids is 1. The molecule has 13 heteroatoms. The normalized spacial score (nSPS) is 15.0. The highest BCUT2D eigenvalue weighted by atomic mass is 32.2. The number of hydrogen-bond donors (Lipinski definition) is 2. The van der Waals surface area contributed by atoms with Gasteiger partial charge in [0.2, 0.25) is 10.0 Å². The van der Waals surface area contributed by atoms with Crippen molar-refractivity contribution in [3.63, 3.8) is 0 Å². The maximum absolute atomic E-state index is 14.0. The van der Waals surface area contributed by atoms with Crippen LogP contribution in [0.4, 0.5) is 17.6 Å². The van der Waals surface area contributed by atoms with Gasteiger partial charge in [-0.1, -0.05) is 26.0 Å². The minimum absolute atomic E-state index is 0.0178. The van der Waals surface area contributed by atoms with Crippen LogP contribution >= 0.6 is 0 Å². The fourth-order valence-electron chi connectivity index (χ4n) is 2.81. The maximum Gasteiger partial charge on any atom is 0.490 e. The summed E-state index contributed by atoms with van der Waals surface area (Å²) < 4.78 is 72.3. The van der Waals surface area contributed by atoms with Crippen LogP contribution in [0.1, 0.15) is 30.6 Å². The molecule has 1 aromatic rings. The van der Waals surface area contributed by atoms with Crippen LogP contribution in [-0.2, 0) is 14.8 Å². The van der Waals surface area contributed by atoms with Crippen molar-refractivity contribution in [2.45, 2.75) is 26.4 Å². The number of carbonyl (C=O) groups is 2. The number of nitrogens with one attached hydrogen (secondary N) is 1. The van der Waals surface area contributed by atoms with E-state index >= 15 is 0 Å².